The van der Waals surface area contributed by atoms with Gasteiger partial charge in [-0.25, -0.2) is 0 Å². The van der Waals surface area contributed by atoms with E-state index in [4.69, 9.17) is 5.26 Å². The second-order valence-corrected chi connectivity index (χ2v) is 5.02. The molecule has 0 bridgehead atoms. The summed E-state index contributed by atoms with van der Waals surface area (Å²) >= 11 is 0. The third-order valence-corrected chi connectivity index (χ3v) is 3.47. The van der Waals surface area contributed by atoms with Gasteiger partial charge in [0.1, 0.15) is 6.54 Å². The van der Waals surface area contributed by atoms with E-state index in [1.54, 1.807) is 4.90 Å². The number of hydrogen-bond acceptors (Lipinski definition) is 2. The largest absolute Gasteiger partial charge is 0.323 e. The Labute approximate surface area is 108 Å². The van der Waals surface area contributed by atoms with Gasteiger partial charge >= 0.3 is 0 Å². The minimum absolute atomic E-state index is 0.0405. The minimum atomic E-state index is -0.0405. The molecule has 3 nitrogen and oxygen atoms in total. The van der Waals surface area contributed by atoms with Crippen LogP contribution >= 0.6 is 0 Å². The van der Waals surface area contributed by atoms with Crippen LogP contribution in [0.1, 0.15) is 41.8 Å². The van der Waals surface area contributed by atoms with Crippen LogP contribution < -0.4 is 0 Å². The number of nitriles is 1. The zero-order valence-corrected chi connectivity index (χ0v) is 10.9. The molecule has 0 saturated heterocycles. The monoisotopic (exact) mass is 242 g/mol. The zero-order valence-electron chi connectivity index (χ0n) is 10.9. The van der Waals surface area contributed by atoms with Gasteiger partial charge in [0.05, 0.1) is 6.07 Å². The Morgan fingerprint density at radius 2 is 2.11 bits per heavy atom. The molecule has 0 heterocycles. The molecule has 0 aromatic heterocycles. The highest BCUT2D eigenvalue weighted by atomic mass is 16.2. The molecule has 2 rings (SSSR count). The van der Waals surface area contributed by atoms with E-state index in [-0.39, 0.29) is 18.5 Å². The number of carbonyl (C=O) groups excluding carboxylic acids is 1. The lowest BCUT2D eigenvalue weighted by Crippen LogP contribution is -2.37. The molecule has 1 aromatic rings. The van der Waals surface area contributed by atoms with Crippen LogP contribution in [0.2, 0.25) is 0 Å². The summed E-state index contributed by atoms with van der Waals surface area (Å²) in [6, 6.07) is 8.05. The molecule has 18 heavy (non-hydrogen) atoms. The molecule has 0 unspecified atom stereocenters. The molecule has 1 aromatic carbocycles. The van der Waals surface area contributed by atoms with E-state index in [2.05, 4.69) is 12.1 Å². The molecule has 0 aliphatic heterocycles. The first-order valence-corrected chi connectivity index (χ1v) is 6.43. The van der Waals surface area contributed by atoms with Gasteiger partial charge in [0.2, 0.25) is 0 Å². The number of amides is 1. The van der Waals surface area contributed by atoms with Crippen molar-refractivity contribution in [2.75, 3.05) is 6.54 Å². The molecule has 0 N–H and O–H groups in total. The summed E-state index contributed by atoms with van der Waals surface area (Å²) in [6.07, 6.45) is 3.37. The summed E-state index contributed by atoms with van der Waals surface area (Å²) in [4.78, 5) is 14.0. The summed E-state index contributed by atoms with van der Waals surface area (Å²) < 4.78 is 0. The Kier molecular flexibility index (Phi) is 3.66. The lowest BCUT2D eigenvalue weighted by Gasteiger charge is -2.24. The number of rotatable bonds is 3. The van der Waals surface area contributed by atoms with Crippen LogP contribution in [-0.4, -0.2) is 23.4 Å². The van der Waals surface area contributed by atoms with Crippen molar-refractivity contribution in [2.45, 2.75) is 39.2 Å². The molecule has 0 fully saturated rings. The fourth-order valence-corrected chi connectivity index (χ4v) is 2.44. The molecule has 94 valence electrons. The van der Waals surface area contributed by atoms with Crippen molar-refractivity contribution in [3.63, 3.8) is 0 Å². The van der Waals surface area contributed by atoms with Crippen LogP contribution in [0.25, 0.3) is 0 Å². The highest BCUT2D eigenvalue weighted by molar-refractivity contribution is 5.94. The molecular weight excluding hydrogens is 224 g/mol. The van der Waals surface area contributed by atoms with Gasteiger partial charge < -0.3 is 4.90 Å². The van der Waals surface area contributed by atoms with Crippen molar-refractivity contribution in [3.05, 3.63) is 34.9 Å². The van der Waals surface area contributed by atoms with Crippen molar-refractivity contribution in [3.8, 4) is 6.07 Å². The van der Waals surface area contributed by atoms with Crippen LogP contribution in [0.5, 0.6) is 0 Å². The maximum absolute atomic E-state index is 12.4. The van der Waals surface area contributed by atoms with Crippen LogP contribution in [0, 0.1) is 11.3 Å². The number of fused-ring (bicyclic) bond motifs is 1. The van der Waals surface area contributed by atoms with Gasteiger partial charge in [-0.1, -0.05) is 6.07 Å². The van der Waals surface area contributed by atoms with Gasteiger partial charge in [-0.15, -0.1) is 0 Å². The predicted octanol–water partition coefficient (Wildman–Crippen LogP) is 2.55. The van der Waals surface area contributed by atoms with Crippen molar-refractivity contribution >= 4 is 5.91 Å². The first-order chi connectivity index (χ1) is 8.63. The average molecular weight is 242 g/mol. The smallest absolute Gasteiger partial charge is 0.254 e. The molecule has 1 amide bonds. The number of nitrogens with zero attached hydrogens (tertiary/aromatic N) is 2. The van der Waals surface area contributed by atoms with E-state index in [9.17, 15) is 4.79 Å². The lowest BCUT2D eigenvalue weighted by molar-refractivity contribution is 0.0731. The predicted molar refractivity (Wildman–Crippen MR) is 70.3 cm³/mol. The maximum atomic E-state index is 12.4. The topological polar surface area (TPSA) is 44.1 Å². The SMILES string of the molecule is CC(C)N(CC#N)C(=O)c1ccc2c(c1)CCC2. The molecular formula is C15H18N2O. The zero-order chi connectivity index (χ0) is 13.1. The number of hydrogen-bond donors (Lipinski definition) is 0. The highest BCUT2D eigenvalue weighted by Gasteiger charge is 2.20. The molecule has 1 aliphatic rings. The standard InChI is InChI=1S/C15H18N2O/c1-11(2)17(9-8-16)15(18)14-7-6-12-4-3-5-13(12)10-14/h6-7,10-11H,3-5,9H2,1-2H3. The molecule has 0 spiro atoms. The summed E-state index contributed by atoms with van der Waals surface area (Å²) in [7, 11) is 0. The normalized spacial score (nSPS) is 13.2. The van der Waals surface area contributed by atoms with Gasteiger partial charge in [0, 0.05) is 11.6 Å². The van der Waals surface area contributed by atoms with E-state index in [0.29, 0.717) is 5.56 Å². The second-order valence-electron chi connectivity index (χ2n) is 5.02. The Morgan fingerprint density at radius 3 is 2.78 bits per heavy atom. The lowest BCUT2D eigenvalue weighted by atomic mass is 10.1. The van der Waals surface area contributed by atoms with Crippen LogP contribution in [0.15, 0.2) is 18.2 Å². The van der Waals surface area contributed by atoms with Gasteiger partial charge in [-0.3, -0.25) is 4.79 Å². The van der Waals surface area contributed by atoms with E-state index in [1.807, 2.05) is 26.0 Å². The van der Waals surface area contributed by atoms with E-state index in [1.165, 1.54) is 17.5 Å². The van der Waals surface area contributed by atoms with E-state index in [0.717, 1.165) is 12.8 Å². The molecule has 0 saturated carbocycles. The number of carbonyl (C=O) groups is 1. The van der Waals surface area contributed by atoms with Crippen molar-refractivity contribution < 1.29 is 4.79 Å². The summed E-state index contributed by atoms with van der Waals surface area (Å²) in [5.74, 6) is -0.0405. The van der Waals surface area contributed by atoms with Crippen molar-refractivity contribution in [1.29, 1.82) is 5.26 Å². The highest BCUT2D eigenvalue weighted by Crippen LogP contribution is 2.23. The van der Waals surface area contributed by atoms with Crippen molar-refractivity contribution in [1.82, 2.24) is 4.90 Å². The Hall–Kier alpha value is -1.82. The van der Waals surface area contributed by atoms with Crippen LogP contribution in [0.4, 0.5) is 0 Å². The first-order valence-electron chi connectivity index (χ1n) is 6.43. The van der Waals surface area contributed by atoms with Gasteiger partial charge in [0.15, 0.2) is 0 Å². The minimum Gasteiger partial charge on any atom is -0.323 e. The first kappa shape index (κ1) is 12.6. The fourth-order valence-electron chi connectivity index (χ4n) is 2.44. The van der Waals surface area contributed by atoms with Crippen LogP contribution in [0.3, 0.4) is 0 Å². The Balaban J connectivity index is 2.25. The average Bonchev–Trinajstić information content (AvgIpc) is 2.81. The fraction of sp³-hybridized carbons (Fsp3) is 0.467. The third-order valence-electron chi connectivity index (χ3n) is 3.47. The Morgan fingerprint density at radius 1 is 1.39 bits per heavy atom. The third kappa shape index (κ3) is 2.38. The molecule has 1 aliphatic carbocycles. The van der Waals surface area contributed by atoms with Gasteiger partial charge in [-0.05, 0) is 56.4 Å². The molecule has 3 heteroatoms. The van der Waals surface area contributed by atoms with E-state index >= 15 is 0 Å². The number of aryl methyl sites for hydroxylation is 2. The van der Waals surface area contributed by atoms with Gasteiger partial charge in [0.25, 0.3) is 5.91 Å². The summed E-state index contributed by atoms with van der Waals surface area (Å²) in [6.45, 7) is 4.01. The molecule has 0 atom stereocenters. The summed E-state index contributed by atoms with van der Waals surface area (Å²) in [5.41, 5.74) is 3.36. The summed E-state index contributed by atoms with van der Waals surface area (Å²) in [5, 5.41) is 8.79. The van der Waals surface area contributed by atoms with Gasteiger partial charge in [-0.2, -0.15) is 5.26 Å². The Bertz CT molecular complexity index is 500. The van der Waals surface area contributed by atoms with Crippen LogP contribution in [-0.2, 0) is 12.8 Å². The molecule has 0 radical (unpaired) electrons. The van der Waals surface area contributed by atoms with Crippen molar-refractivity contribution in [2.24, 2.45) is 0 Å². The number of benzene rings is 1. The van der Waals surface area contributed by atoms with E-state index < -0.39 is 0 Å². The second kappa shape index (κ2) is 5.22. The maximum Gasteiger partial charge on any atom is 0.254 e. The quantitative estimate of drug-likeness (QED) is 0.764.